The van der Waals surface area contributed by atoms with E-state index in [4.69, 9.17) is 14.2 Å². The first-order valence-electron chi connectivity index (χ1n) is 10.8. The molecule has 1 saturated carbocycles. The molecule has 9 nitrogen and oxygen atoms in total. The highest BCUT2D eigenvalue weighted by Gasteiger charge is 2.50. The van der Waals surface area contributed by atoms with Crippen molar-refractivity contribution in [1.82, 2.24) is 0 Å². The van der Waals surface area contributed by atoms with E-state index in [1.807, 2.05) is 0 Å². The molecule has 7 unspecified atom stereocenters. The van der Waals surface area contributed by atoms with Gasteiger partial charge in [-0.25, -0.2) is 4.79 Å². The first kappa shape index (κ1) is 24.3. The van der Waals surface area contributed by atoms with Gasteiger partial charge in [0.05, 0.1) is 24.7 Å². The topological polar surface area (TPSA) is 143 Å². The highest BCUT2D eigenvalue weighted by Crippen LogP contribution is 2.33. The number of carbonyl (C=O) groups is 2. The molecule has 0 spiro atoms. The van der Waals surface area contributed by atoms with Crippen molar-refractivity contribution in [1.29, 1.82) is 0 Å². The van der Waals surface area contributed by atoms with Gasteiger partial charge in [0.25, 0.3) is 0 Å². The lowest BCUT2D eigenvalue weighted by atomic mass is 9.85. The van der Waals surface area contributed by atoms with Gasteiger partial charge in [0.15, 0.2) is 6.29 Å². The maximum Gasteiger partial charge on any atom is 0.331 e. The zero-order valence-electron chi connectivity index (χ0n) is 17.9. The normalized spacial score (nSPS) is 33.2. The molecular formula is C23H30O9. The molecule has 0 radical (unpaired) electrons. The average molecular weight is 450 g/mol. The smallest absolute Gasteiger partial charge is 0.331 e. The molecule has 1 heterocycles. The van der Waals surface area contributed by atoms with Crippen LogP contribution in [-0.4, -0.2) is 75.6 Å². The molecule has 0 aromatic heterocycles. The van der Waals surface area contributed by atoms with Crippen LogP contribution < -0.4 is 0 Å². The Morgan fingerprint density at radius 1 is 1.16 bits per heavy atom. The maximum atomic E-state index is 12.4. The highest BCUT2D eigenvalue weighted by atomic mass is 16.7. The number of rotatable bonds is 7. The molecule has 176 valence electrons. The van der Waals surface area contributed by atoms with Crippen molar-refractivity contribution in [2.75, 3.05) is 6.61 Å². The Bertz CT molecular complexity index is 806. The Kier molecular flexibility index (Phi) is 8.38. The van der Waals surface area contributed by atoms with Crippen molar-refractivity contribution >= 4 is 17.8 Å². The molecule has 4 N–H and O–H groups in total. The number of aliphatic hydroxyl groups is 3. The van der Waals surface area contributed by atoms with E-state index >= 15 is 0 Å². The second-order valence-electron chi connectivity index (χ2n) is 8.21. The van der Waals surface area contributed by atoms with Gasteiger partial charge in [-0.3, -0.25) is 4.79 Å². The third kappa shape index (κ3) is 5.93. The summed E-state index contributed by atoms with van der Waals surface area (Å²) in [4.78, 5) is 24.7. The van der Waals surface area contributed by atoms with E-state index in [0.29, 0.717) is 18.4 Å². The van der Waals surface area contributed by atoms with Crippen molar-refractivity contribution in [3.05, 3.63) is 35.9 Å². The zero-order valence-corrected chi connectivity index (χ0v) is 17.9. The number of phenols is 1. The van der Waals surface area contributed by atoms with Crippen LogP contribution in [0.15, 0.2) is 30.3 Å². The van der Waals surface area contributed by atoms with Crippen LogP contribution in [0.25, 0.3) is 6.08 Å². The van der Waals surface area contributed by atoms with E-state index < -0.39 is 61.1 Å². The fourth-order valence-electron chi connectivity index (χ4n) is 4.14. The molecule has 1 aromatic rings. The summed E-state index contributed by atoms with van der Waals surface area (Å²) in [7, 11) is 0. The number of carbonyl (C=O) groups excluding carboxylic acids is 2. The van der Waals surface area contributed by atoms with Gasteiger partial charge >= 0.3 is 5.97 Å². The fraction of sp³-hybridized carbons (Fsp3) is 0.565. The van der Waals surface area contributed by atoms with Gasteiger partial charge in [0, 0.05) is 6.08 Å². The van der Waals surface area contributed by atoms with Gasteiger partial charge < -0.3 is 34.6 Å². The van der Waals surface area contributed by atoms with Crippen LogP contribution in [0.2, 0.25) is 0 Å². The zero-order chi connectivity index (χ0) is 23.3. The summed E-state index contributed by atoms with van der Waals surface area (Å²) in [5.41, 5.74) is 0.640. The van der Waals surface area contributed by atoms with Gasteiger partial charge in [0.2, 0.25) is 0 Å². The fourth-order valence-corrected chi connectivity index (χ4v) is 4.14. The maximum absolute atomic E-state index is 12.4. The minimum atomic E-state index is -1.44. The summed E-state index contributed by atoms with van der Waals surface area (Å²) in [6.07, 6.45) is -0.762. The van der Waals surface area contributed by atoms with Crippen LogP contribution in [0.3, 0.4) is 0 Å². The predicted molar refractivity (Wildman–Crippen MR) is 112 cm³/mol. The lowest BCUT2D eigenvalue weighted by Gasteiger charge is -2.44. The van der Waals surface area contributed by atoms with E-state index in [-0.39, 0.29) is 5.75 Å². The lowest BCUT2D eigenvalue weighted by Crippen LogP contribution is -2.60. The van der Waals surface area contributed by atoms with E-state index in [9.17, 15) is 30.0 Å². The molecule has 1 aromatic carbocycles. The SMILES string of the molecule is CC(=O)C1C(O)C(OC2CCCCC2O)OC(CO)C1OC(=O)C=Cc1ccc(O)cc1. The predicted octanol–water partition coefficient (Wildman–Crippen LogP) is 0.921. The van der Waals surface area contributed by atoms with E-state index in [1.165, 1.54) is 25.1 Å². The van der Waals surface area contributed by atoms with Crippen LogP contribution in [0, 0.1) is 5.92 Å². The number of aromatic hydroxyl groups is 1. The number of hydrogen-bond donors (Lipinski definition) is 4. The Morgan fingerprint density at radius 2 is 1.84 bits per heavy atom. The van der Waals surface area contributed by atoms with Gasteiger partial charge in [-0.05, 0) is 43.5 Å². The van der Waals surface area contributed by atoms with Crippen molar-refractivity contribution in [3.8, 4) is 5.75 Å². The van der Waals surface area contributed by atoms with Crippen LogP contribution in [0.1, 0.15) is 38.2 Å². The Hall–Kier alpha value is -2.30. The van der Waals surface area contributed by atoms with Crippen LogP contribution in [0.4, 0.5) is 0 Å². The summed E-state index contributed by atoms with van der Waals surface area (Å²) < 4.78 is 16.8. The third-order valence-corrected chi connectivity index (χ3v) is 5.86. The molecule has 1 aliphatic heterocycles. The summed E-state index contributed by atoms with van der Waals surface area (Å²) in [6, 6.07) is 6.13. The van der Waals surface area contributed by atoms with Gasteiger partial charge in [-0.15, -0.1) is 0 Å². The summed E-state index contributed by atoms with van der Waals surface area (Å²) >= 11 is 0. The molecule has 7 atom stereocenters. The van der Waals surface area contributed by atoms with Crippen LogP contribution in [-0.2, 0) is 23.8 Å². The summed E-state index contributed by atoms with van der Waals surface area (Å²) in [5, 5.41) is 40.1. The lowest BCUT2D eigenvalue weighted by molar-refractivity contribution is -0.306. The number of Topliss-reactive ketones (excluding diaryl/α,β-unsaturated/α-hetero) is 1. The molecule has 3 rings (SSSR count). The number of ether oxygens (including phenoxy) is 3. The van der Waals surface area contributed by atoms with E-state index in [1.54, 1.807) is 12.1 Å². The second-order valence-corrected chi connectivity index (χ2v) is 8.21. The number of phenolic OH excluding ortho intramolecular Hbond substituents is 1. The molecular weight excluding hydrogens is 420 g/mol. The molecule has 1 aliphatic carbocycles. The monoisotopic (exact) mass is 450 g/mol. The number of esters is 1. The van der Waals surface area contributed by atoms with Crippen molar-refractivity contribution < 1.29 is 44.2 Å². The minimum Gasteiger partial charge on any atom is -0.508 e. The third-order valence-electron chi connectivity index (χ3n) is 5.86. The molecule has 32 heavy (non-hydrogen) atoms. The number of benzene rings is 1. The van der Waals surface area contributed by atoms with Crippen LogP contribution >= 0.6 is 0 Å². The van der Waals surface area contributed by atoms with Crippen LogP contribution in [0.5, 0.6) is 5.75 Å². The Balaban J connectivity index is 1.71. The molecule has 0 bridgehead atoms. The summed E-state index contributed by atoms with van der Waals surface area (Å²) in [6.45, 7) is 0.691. The standard InChI is InChI=1S/C23H30O9/c1-13(25)20-21(29)23(30-17-5-3-2-4-16(17)27)31-18(12-24)22(20)32-19(28)11-8-14-6-9-15(26)10-7-14/h6-11,16-18,20-24,26-27,29H,2-5,12H2,1H3. The van der Waals surface area contributed by atoms with Crippen molar-refractivity contribution in [2.24, 2.45) is 5.92 Å². The van der Waals surface area contributed by atoms with E-state index in [2.05, 4.69) is 0 Å². The molecule has 2 aliphatic rings. The molecule has 2 fully saturated rings. The first-order chi connectivity index (χ1) is 15.3. The van der Waals surface area contributed by atoms with Gasteiger partial charge in [-0.2, -0.15) is 0 Å². The quantitative estimate of drug-likeness (QED) is 0.352. The Labute approximate surface area is 186 Å². The first-order valence-corrected chi connectivity index (χ1v) is 10.8. The highest BCUT2D eigenvalue weighted by molar-refractivity contribution is 5.88. The minimum absolute atomic E-state index is 0.0886. The molecule has 0 amide bonds. The average Bonchev–Trinajstić information content (AvgIpc) is 2.76. The largest absolute Gasteiger partial charge is 0.508 e. The molecule has 1 saturated heterocycles. The van der Waals surface area contributed by atoms with E-state index in [0.717, 1.165) is 18.9 Å². The Morgan fingerprint density at radius 3 is 2.47 bits per heavy atom. The molecule has 9 heteroatoms. The van der Waals surface area contributed by atoms with Gasteiger partial charge in [-0.1, -0.05) is 25.0 Å². The second kappa shape index (κ2) is 11.0. The van der Waals surface area contributed by atoms with Crippen molar-refractivity contribution in [2.45, 2.75) is 69.4 Å². The van der Waals surface area contributed by atoms with Crippen molar-refractivity contribution in [3.63, 3.8) is 0 Å². The number of hydrogen-bond acceptors (Lipinski definition) is 9. The van der Waals surface area contributed by atoms with Gasteiger partial charge in [0.1, 0.15) is 29.8 Å². The summed E-state index contributed by atoms with van der Waals surface area (Å²) in [5.74, 6) is -2.31. The number of ketones is 1. The number of aliphatic hydroxyl groups excluding tert-OH is 3.